The lowest BCUT2D eigenvalue weighted by molar-refractivity contribution is 0.448. The Balaban J connectivity index is 2.95. The molecule has 0 aliphatic rings. The minimum absolute atomic E-state index is 0.193. The summed E-state index contributed by atoms with van der Waals surface area (Å²) in [6, 6.07) is 4.14. The molecule has 8 nitrogen and oxygen atoms in total. The van der Waals surface area contributed by atoms with E-state index in [1.165, 1.54) is 6.07 Å². The van der Waals surface area contributed by atoms with E-state index < -0.39 is 35.8 Å². The Morgan fingerprint density at radius 1 is 0.900 bits per heavy atom. The first-order valence-electron chi connectivity index (χ1n) is 5.02. The number of nitrogen functional groups attached to an aromatic ring is 1. The van der Waals surface area contributed by atoms with Crippen LogP contribution in [0.25, 0.3) is 10.8 Å². The van der Waals surface area contributed by atoms with Gasteiger partial charge in [0.2, 0.25) is 0 Å². The van der Waals surface area contributed by atoms with Crippen molar-refractivity contribution in [1.82, 2.24) is 0 Å². The number of phenolic OH excluding ortho intramolecular Hbond substituents is 1. The number of anilines is 1. The van der Waals surface area contributed by atoms with Gasteiger partial charge in [0.1, 0.15) is 15.5 Å². The fourth-order valence-corrected chi connectivity index (χ4v) is 2.98. The summed E-state index contributed by atoms with van der Waals surface area (Å²) >= 11 is 0. The van der Waals surface area contributed by atoms with Gasteiger partial charge in [-0.1, -0.05) is 6.07 Å². The molecule has 0 saturated heterocycles. The molecule has 0 saturated carbocycles. The molecular weight excluding hydrogens is 310 g/mol. The molecular formula is C10H9NO7S2. The lowest BCUT2D eigenvalue weighted by Crippen LogP contribution is -2.04. The van der Waals surface area contributed by atoms with Crippen LogP contribution in [0.3, 0.4) is 0 Å². The van der Waals surface area contributed by atoms with Crippen LogP contribution in [-0.4, -0.2) is 31.0 Å². The lowest BCUT2D eigenvalue weighted by atomic mass is 10.1. The second-order valence-corrected chi connectivity index (χ2v) is 6.75. The Morgan fingerprint density at radius 3 is 1.95 bits per heavy atom. The minimum atomic E-state index is -4.68. The molecule has 2 rings (SSSR count). The Hall–Kier alpha value is -1.88. The van der Waals surface area contributed by atoms with E-state index in [0.717, 1.165) is 18.2 Å². The van der Waals surface area contributed by atoms with Gasteiger partial charge in [0.15, 0.2) is 0 Å². The van der Waals surface area contributed by atoms with Crippen molar-refractivity contribution in [3.05, 3.63) is 24.3 Å². The molecule has 0 aliphatic carbocycles. The molecule has 2 aromatic carbocycles. The first kappa shape index (κ1) is 14.5. The van der Waals surface area contributed by atoms with Crippen molar-refractivity contribution in [3.63, 3.8) is 0 Å². The number of rotatable bonds is 2. The maximum absolute atomic E-state index is 11.1. The van der Waals surface area contributed by atoms with Crippen LogP contribution in [0.5, 0.6) is 5.75 Å². The van der Waals surface area contributed by atoms with Crippen LogP contribution in [0.1, 0.15) is 0 Å². The summed E-state index contributed by atoms with van der Waals surface area (Å²) in [6.45, 7) is 0. The second-order valence-electron chi connectivity index (χ2n) is 3.97. The topological polar surface area (TPSA) is 155 Å². The van der Waals surface area contributed by atoms with E-state index in [2.05, 4.69) is 0 Å². The van der Waals surface area contributed by atoms with Crippen LogP contribution in [0, 0.1) is 0 Å². The van der Waals surface area contributed by atoms with Crippen LogP contribution in [0.15, 0.2) is 34.1 Å². The number of nitrogens with two attached hydrogens (primary N) is 1. The van der Waals surface area contributed by atoms with Gasteiger partial charge in [0.05, 0.1) is 5.69 Å². The number of phenols is 1. The highest BCUT2D eigenvalue weighted by atomic mass is 32.2. The zero-order chi connectivity index (χ0) is 15.3. The SMILES string of the molecule is Nc1cc2ccc(S(=O)(=O)O)c(O)c2cc1S(=O)(=O)O. The van der Waals surface area contributed by atoms with Crippen molar-refractivity contribution < 1.29 is 31.0 Å². The van der Waals surface area contributed by atoms with Crippen LogP contribution in [0.4, 0.5) is 5.69 Å². The van der Waals surface area contributed by atoms with Gasteiger partial charge < -0.3 is 10.8 Å². The van der Waals surface area contributed by atoms with Crippen LogP contribution in [-0.2, 0) is 20.2 Å². The third kappa shape index (κ3) is 2.41. The highest BCUT2D eigenvalue weighted by molar-refractivity contribution is 7.86. The summed E-state index contributed by atoms with van der Waals surface area (Å²) in [6.07, 6.45) is 0. The van der Waals surface area contributed by atoms with Crippen molar-refractivity contribution >= 4 is 36.7 Å². The highest BCUT2D eigenvalue weighted by Gasteiger charge is 2.21. The average molecular weight is 319 g/mol. The summed E-state index contributed by atoms with van der Waals surface area (Å²) in [4.78, 5) is -1.45. The van der Waals surface area contributed by atoms with E-state index in [1.807, 2.05) is 0 Å². The molecule has 5 N–H and O–H groups in total. The zero-order valence-corrected chi connectivity index (χ0v) is 11.3. The molecule has 2 aromatic rings. The Morgan fingerprint density at radius 2 is 1.45 bits per heavy atom. The molecule has 0 bridgehead atoms. The molecule has 0 aliphatic heterocycles. The predicted octanol–water partition coefficient (Wildman–Crippen LogP) is 0.621. The fourth-order valence-electron chi connectivity index (χ4n) is 1.77. The maximum Gasteiger partial charge on any atom is 0.298 e. The molecule has 0 heterocycles. The van der Waals surface area contributed by atoms with Gasteiger partial charge in [-0.25, -0.2) is 0 Å². The fraction of sp³-hybridized carbons (Fsp3) is 0. The van der Waals surface area contributed by atoms with E-state index in [4.69, 9.17) is 14.8 Å². The third-order valence-electron chi connectivity index (χ3n) is 2.64. The van der Waals surface area contributed by atoms with Crippen molar-refractivity contribution in [3.8, 4) is 5.75 Å². The van der Waals surface area contributed by atoms with E-state index in [0.29, 0.717) is 0 Å². The van der Waals surface area contributed by atoms with Gasteiger partial charge in [-0.05, 0) is 23.6 Å². The molecule has 0 atom stereocenters. The smallest absolute Gasteiger partial charge is 0.298 e. The highest BCUT2D eigenvalue weighted by Crippen LogP contribution is 2.35. The molecule has 0 spiro atoms. The molecule has 0 radical (unpaired) electrons. The van der Waals surface area contributed by atoms with Crippen molar-refractivity contribution in [2.75, 3.05) is 5.73 Å². The van der Waals surface area contributed by atoms with Crippen LogP contribution < -0.4 is 5.73 Å². The summed E-state index contributed by atoms with van der Waals surface area (Å²) in [7, 11) is -9.31. The van der Waals surface area contributed by atoms with Crippen LogP contribution in [0.2, 0.25) is 0 Å². The zero-order valence-electron chi connectivity index (χ0n) is 9.68. The second kappa shape index (κ2) is 4.31. The summed E-state index contributed by atoms with van der Waals surface area (Å²) < 4.78 is 62.3. The minimum Gasteiger partial charge on any atom is -0.506 e. The lowest BCUT2D eigenvalue weighted by Gasteiger charge is -2.09. The van der Waals surface area contributed by atoms with Crippen molar-refractivity contribution in [1.29, 1.82) is 0 Å². The summed E-state index contributed by atoms with van der Waals surface area (Å²) in [5.41, 5.74) is 5.19. The summed E-state index contributed by atoms with van der Waals surface area (Å²) in [5.74, 6) is -0.838. The van der Waals surface area contributed by atoms with Gasteiger partial charge in [-0.3, -0.25) is 9.11 Å². The van der Waals surface area contributed by atoms with Crippen LogP contribution >= 0.6 is 0 Å². The maximum atomic E-state index is 11.1. The molecule has 0 fully saturated rings. The third-order valence-corrected chi connectivity index (χ3v) is 4.44. The summed E-state index contributed by atoms with van der Waals surface area (Å²) in [5, 5.41) is 9.85. The van der Waals surface area contributed by atoms with Crippen molar-refractivity contribution in [2.24, 2.45) is 0 Å². The predicted molar refractivity (Wildman–Crippen MR) is 69.7 cm³/mol. The van der Waals surface area contributed by atoms with E-state index in [1.54, 1.807) is 0 Å². The standard InChI is InChI=1S/C10H9NO7S2/c11-7-3-5-1-2-8(19(13,14)15)10(12)6(5)4-9(7)20(16,17)18/h1-4,12H,11H2,(H,13,14,15)(H,16,17,18). The number of hydrogen-bond acceptors (Lipinski definition) is 6. The first-order valence-corrected chi connectivity index (χ1v) is 7.90. The van der Waals surface area contributed by atoms with Gasteiger partial charge in [0, 0.05) is 5.39 Å². The van der Waals surface area contributed by atoms with E-state index >= 15 is 0 Å². The molecule has 0 amide bonds. The largest absolute Gasteiger partial charge is 0.506 e. The van der Waals surface area contributed by atoms with Gasteiger partial charge in [0.25, 0.3) is 20.2 Å². The van der Waals surface area contributed by atoms with Gasteiger partial charge in [-0.2, -0.15) is 16.8 Å². The Bertz CT molecular complexity index is 916. The number of aromatic hydroxyl groups is 1. The molecule has 0 unspecified atom stereocenters. The molecule has 0 aromatic heterocycles. The monoisotopic (exact) mass is 319 g/mol. The first-order chi connectivity index (χ1) is 9.01. The Labute approximate surface area is 114 Å². The van der Waals surface area contributed by atoms with Gasteiger partial charge in [-0.15, -0.1) is 0 Å². The number of benzene rings is 2. The normalized spacial score (nSPS) is 12.7. The molecule has 10 heteroatoms. The van der Waals surface area contributed by atoms with Crippen molar-refractivity contribution in [2.45, 2.75) is 9.79 Å². The van der Waals surface area contributed by atoms with E-state index in [9.17, 15) is 21.9 Å². The number of hydrogen-bond donors (Lipinski definition) is 4. The molecule has 20 heavy (non-hydrogen) atoms. The van der Waals surface area contributed by atoms with E-state index in [-0.39, 0.29) is 16.5 Å². The quantitative estimate of drug-likeness (QED) is 0.463. The average Bonchev–Trinajstić information content (AvgIpc) is 2.25. The Kier molecular flexibility index (Phi) is 3.13. The molecule has 108 valence electrons. The number of fused-ring (bicyclic) bond motifs is 1. The van der Waals surface area contributed by atoms with Gasteiger partial charge >= 0.3 is 0 Å².